The van der Waals surface area contributed by atoms with Crippen LogP contribution in [0.4, 0.5) is 11.4 Å². The van der Waals surface area contributed by atoms with E-state index in [1.165, 1.54) is 0 Å². The third-order valence-corrected chi connectivity index (χ3v) is 5.52. The molecular formula is C26H22N2O4. The molecule has 0 aliphatic carbocycles. The molecule has 1 saturated heterocycles. The van der Waals surface area contributed by atoms with Crippen LogP contribution in [0.3, 0.4) is 0 Å². The summed E-state index contributed by atoms with van der Waals surface area (Å²) in [6.07, 6.45) is 1.40. The summed E-state index contributed by atoms with van der Waals surface area (Å²) in [5.74, 6) is 0.667. The maximum Gasteiger partial charge on any atom is 0.291 e. The van der Waals surface area contributed by atoms with Crippen molar-refractivity contribution in [3.05, 3.63) is 90.2 Å². The Balaban J connectivity index is 1.41. The predicted octanol–water partition coefficient (Wildman–Crippen LogP) is 5.39. The van der Waals surface area contributed by atoms with Gasteiger partial charge >= 0.3 is 0 Å². The highest BCUT2D eigenvalue weighted by Gasteiger charge is 2.23. The zero-order valence-electron chi connectivity index (χ0n) is 17.4. The number of amides is 2. The van der Waals surface area contributed by atoms with Crippen LogP contribution in [-0.2, 0) is 11.4 Å². The molecule has 1 aliphatic rings. The molecule has 6 heteroatoms. The van der Waals surface area contributed by atoms with Gasteiger partial charge in [0.25, 0.3) is 5.91 Å². The fourth-order valence-electron chi connectivity index (χ4n) is 3.96. The monoisotopic (exact) mass is 426 g/mol. The van der Waals surface area contributed by atoms with E-state index in [0.29, 0.717) is 35.5 Å². The number of hydrogen-bond acceptors (Lipinski definition) is 4. The first-order valence-corrected chi connectivity index (χ1v) is 10.6. The molecule has 1 aliphatic heterocycles. The summed E-state index contributed by atoms with van der Waals surface area (Å²) < 4.78 is 11.8. The van der Waals surface area contributed by atoms with Crippen LogP contribution in [0.5, 0.6) is 5.75 Å². The molecule has 0 spiro atoms. The number of benzene rings is 3. The van der Waals surface area contributed by atoms with Gasteiger partial charge in [-0.1, -0.05) is 42.5 Å². The van der Waals surface area contributed by atoms with Crippen LogP contribution in [0.1, 0.15) is 29.0 Å². The van der Waals surface area contributed by atoms with Gasteiger partial charge in [-0.05, 0) is 42.8 Å². The number of nitrogens with zero attached hydrogens (tertiary/aromatic N) is 1. The SMILES string of the molecule is O=C(Nc1cccc(N2CCCC2=O)c1)c1oc2ccccc2c1COc1ccccc1. The molecule has 0 radical (unpaired) electrons. The summed E-state index contributed by atoms with van der Waals surface area (Å²) in [6.45, 7) is 0.896. The van der Waals surface area contributed by atoms with Crippen molar-refractivity contribution in [1.82, 2.24) is 0 Å². The predicted molar refractivity (Wildman–Crippen MR) is 123 cm³/mol. The highest BCUT2D eigenvalue weighted by atomic mass is 16.5. The summed E-state index contributed by atoms with van der Waals surface area (Å²) in [5, 5.41) is 3.75. The average Bonchev–Trinajstić information content (AvgIpc) is 3.42. The topological polar surface area (TPSA) is 71.8 Å². The van der Waals surface area contributed by atoms with E-state index in [-0.39, 0.29) is 24.2 Å². The maximum absolute atomic E-state index is 13.2. The first-order chi connectivity index (χ1) is 15.7. The normalized spacial score (nSPS) is 13.5. The van der Waals surface area contributed by atoms with E-state index < -0.39 is 0 Å². The summed E-state index contributed by atoms with van der Waals surface area (Å²) >= 11 is 0. The van der Waals surface area contributed by atoms with E-state index in [0.717, 1.165) is 17.5 Å². The Labute approximate surface area is 185 Å². The number of fused-ring (bicyclic) bond motifs is 1. The van der Waals surface area contributed by atoms with Crippen molar-refractivity contribution in [2.24, 2.45) is 0 Å². The standard InChI is InChI=1S/C26H22N2O4/c29-24-14-7-15-28(24)19-9-6-8-18(16-19)27-26(30)25-22(17-31-20-10-2-1-3-11-20)21-12-4-5-13-23(21)32-25/h1-6,8-13,16H,7,14-15,17H2,(H,27,30). The molecule has 1 N–H and O–H groups in total. The third kappa shape index (κ3) is 3.95. The highest BCUT2D eigenvalue weighted by Crippen LogP contribution is 2.29. The van der Waals surface area contributed by atoms with Crippen molar-refractivity contribution in [2.45, 2.75) is 19.4 Å². The lowest BCUT2D eigenvalue weighted by Crippen LogP contribution is -2.23. The van der Waals surface area contributed by atoms with Crippen molar-refractivity contribution < 1.29 is 18.7 Å². The second-order valence-corrected chi connectivity index (χ2v) is 7.66. The third-order valence-electron chi connectivity index (χ3n) is 5.52. The van der Waals surface area contributed by atoms with Gasteiger partial charge in [-0.3, -0.25) is 9.59 Å². The lowest BCUT2D eigenvalue weighted by molar-refractivity contribution is -0.117. The summed E-state index contributed by atoms with van der Waals surface area (Å²) in [4.78, 5) is 27.0. The number of hydrogen-bond donors (Lipinski definition) is 1. The van der Waals surface area contributed by atoms with Crippen LogP contribution in [-0.4, -0.2) is 18.4 Å². The van der Waals surface area contributed by atoms with Crippen LogP contribution in [0.2, 0.25) is 0 Å². The van der Waals surface area contributed by atoms with Crippen LogP contribution >= 0.6 is 0 Å². The van der Waals surface area contributed by atoms with E-state index in [1.54, 1.807) is 11.0 Å². The minimum atomic E-state index is -0.363. The molecule has 3 aromatic carbocycles. The summed E-state index contributed by atoms with van der Waals surface area (Å²) in [7, 11) is 0. The number of ether oxygens (including phenoxy) is 1. The molecule has 4 aromatic rings. The van der Waals surface area contributed by atoms with Crippen LogP contribution in [0, 0.1) is 0 Å². The van der Waals surface area contributed by atoms with Gasteiger partial charge in [0.05, 0.1) is 0 Å². The number of nitrogens with one attached hydrogen (secondary N) is 1. The lowest BCUT2D eigenvalue weighted by Gasteiger charge is -2.16. The second kappa shape index (κ2) is 8.59. The number of anilines is 2. The minimum Gasteiger partial charge on any atom is -0.489 e. The summed E-state index contributed by atoms with van der Waals surface area (Å²) in [6, 6.07) is 24.3. The van der Waals surface area contributed by atoms with Gasteiger partial charge in [0, 0.05) is 35.3 Å². The van der Waals surface area contributed by atoms with E-state index in [9.17, 15) is 9.59 Å². The average molecular weight is 426 g/mol. The highest BCUT2D eigenvalue weighted by molar-refractivity contribution is 6.07. The molecular weight excluding hydrogens is 404 g/mol. The molecule has 1 fully saturated rings. The Bertz CT molecular complexity index is 1280. The van der Waals surface area contributed by atoms with Gasteiger partial charge in [-0.15, -0.1) is 0 Å². The van der Waals surface area contributed by atoms with Crippen molar-refractivity contribution >= 4 is 34.2 Å². The van der Waals surface area contributed by atoms with Gasteiger partial charge in [0.2, 0.25) is 5.91 Å². The summed E-state index contributed by atoms with van der Waals surface area (Å²) in [5.41, 5.74) is 2.69. The van der Waals surface area contributed by atoms with E-state index in [4.69, 9.17) is 9.15 Å². The molecule has 1 aromatic heterocycles. The molecule has 2 heterocycles. The maximum atomic E-state index is 13.2. The first-order valence-electron chi connectivity index (χ1n) is 10.6. The van der Waals surface area contributed by atoms with Crippen molar-refractivity contribution in [1.29, 1.82) is 0 Å². The van der Waals surface area contributed by atoms with Gasteiger partial charge in [0.1, 0.15) is 17.9 Å². The molecule has 6 nitrogen and oxygen atoms in total. The second-order valence-electron chi connectivity index (χ2n) is 7.66. The lowest BCUT2D eigenvalue weighted by atomic mass is 10.1. The fraction of sp³-hybridized carbons (Fsp3) is 0.154. The van der Waals surface area contributed by atoms with Crippen LogP contribution < -0.4 is 15.0 Å². The van der Waals surface area contributed by atoms with E-state index >= 15 is 0 Å². The van der Waals surface area contributed by atoms with Crippen molar-refractivity contribution in [3.63, 3.8) is 0 Å². The van der Waals surface area contributed by atoms with Crippen molar-refractivity contribution in [3.8, 4) is 5.75 Å². The van der Waals surface area contributed by atoms with E-state index in [2.05, 4.69) is 5.32 Å². The van der Waals surface area contributed by atoms with Crippen LogP contribution in [0.25, 0.3) is 11.0 Å². The number of carbonyl (C=O) groups excluding carboxylic acids is 2. The molecule has 32 heavy (non-hydrogen) atoms. The molecule has 0 unspecified atom stereocenters. The van der Waals surface area contributed by atoms with Crippen LogP contribution in [0.15, 0.2) is 83.3 Å². The Morgan fingerprint density at radius 2 is 1.81 bits per heavy atom. The Morgan fingerprint density at radius 1 is 1.00 bits per heavy atom. The molecule has 160 valence electrons. The number of furan rings is 1. The zero-order chi connectivity index (χ0) is 21.9. The number of para-hydroxylation sites is 2. The van der Waals surface area contributed by atoms with Gasteiger partial charge < -0.3 is 19.4 Å². The first kappa shape index (κ1) is 19.9. The number of rotatable bonds is 6. The van der Waals surface area contributed by atoms with Crippen molar-refractivity contribution in [2.75, 3.05) is 16.8 Å². The van der Waals surface area contributed by atoms with Gasteiger partial charge in [0.15, 0.2) is 5.76 Å². The molecule has 0 saturated carbocycles. The Hall–Kier alpha value is -4.06. The quantitative estimate of drug-likeness (QED) is 0.449. The molecule has 5 rings (SSSR count). The fourth-order valence-corrected chi connectivity index (χ4v) is 3.96. The van der Waals surface area contributed by atoms with Gasteiger partial charge in [-0.2, -0.15) is 0 Å². The Kier molecular flexibility index (Phi) is 5.34. The molecule has 0 atom stereocenters. The zero-order valence-corrected chi connectivity index (χ0v) is 17.4. The number of carbonyl (C=O) groups is 2. The smallest absolute Gasteiger partial charge is 0.291 e. The largest absolute Gasteiger partial charge is 0.489 e. The van der Waals surface area contributed by atoms with E-state index in [1.807, 2.05) is 72.8 Å². The van der Waals surface area contributed by atoms with Gasteiger partial charge in [-0.25, -0.2) is 0 Å². The molecule has 0 bridgehead atoms. The minimum absolute atomic E-state index is 0.103. The molecule has 2 amide bonds. The Morgan fingerprint density at radius 3 is 2.62 bits per heavy atom.